The quantitative estimate of drug-likeness (QED) is 0.546. The highest BCUT2D eigenvalue weighted by molar-refractivity contribution is 7.95. The van der Waals surface area contributed by atoms with E-state index in [0.29, 0.717) is 13.2 Å². The largest absolute Gasteiger partial charge is 1.00 e. The summed E-state index contributed by atoms with van der Waals surface area (Å²) in [5.41, 5.74) is 0. The Kier molecular flexibility index (Phi) is 6.61. The molecule has 4 rings (SSSR count). The van der Waals surface area contributed by atoms with E-state index in [1.54, 1.807) is 0 Å². The summed E-state index contributed by atoms with van der Waals surface area (Å²) in [7, 11) is -1.85. The van der Waals surface area contributed by atoms with Crippen molar-refractivity contribution in [1.29, 1.82) is 0 Å². The van der Waals surface area contributed by atoms with Gasteiger partial charge >= 0.3 is 0 Å². The molecule has 0 saturated carbocycles. The van der Waals surface area contributed by atoms with Crippen LogP contribution in [-0.2, 0) is 9.47 Å². The molecule has 0 N–H and O–H groups in total. The van der Waals surface area contributed by atoms with Crippen molar-refractivity contribution >= 4 is 23.2 Å². The molecule has 0 unspecified atom stereocenters. The monoisotopic (exact) mass is 428 g/mol. The van der Waals surface area contributed by atoms with Crippen LogP contribution in [0.25, 0.3) is 0 Å². The van der Waals surface area contributed by atoms with Gasteiger partial charge in [-0.15, -0.1) is 0 Å². The van der Waals surface area contributed by atoms with E-state index in [0.717, 1.165) is 6.16 Å². The van der Waals surface area contributed by atoms with Crippen LogP contribution in [0.15, 0.2) is 91.0 Å². The minimum absolute atomic E-state index is 0. The molecule has 0 bridgehead atoms. The Hall–Kier alpha value is -1.51. The van der Waals surface area contributed by atoms with Crippen molar-refractivity contribution < 1.29 is 26.5 Å². The van der Waals surface area contributed by atoms with E-state index in [4.69, 9.17) is 9.47 Å². The van der Waals surface area contributed by atoms with Crippen LogP contribution in [0.1, 0.15) is 0 Å². The highest BCUT2D eigenvalue weighted by Gasteiger charge is 2.48. The molecule has 0 aromatic heterocycles. The first kappa shape index (κ1) is 19.3. The first-order valence-corrected chi connectivity index (χ1v) is 10.7. The summed E-state index contributed by atoms with van der Waals surface area (Å²) >= 11 is 0. The van der Waals surface area contributed by atoms with Crippen molar-refractivity contribution in [2.24, 2.45) is 0 Å². The van der Waals surface area contributed by atoms with E-state index in [1.807, 2.05) is 0 Å². The van der Waals surface area contributed by atoms with Crippen LogP contribution < -0.4 is 32.9 Å². The fourth-order valence-electron chi connectivity index (χ4n) is 3.55. The van der Waals surface area contributed by atoms with E-state index < -0.39 is 7.26 Å². The maximum Gasteiger partial charge on any atom is 0.192 e. The van der Waals surface area contributed by atoms with Gasteiger partial charge in [-0.05, 0) is 36.4 Å². The highest BCUT2D eigenvalue weighted by atomic mass is 79.9. The number of hydrogen-bond acceptors (Lipinski definition) is 2. The fraction of sp³-hybridized carbons (Fsp3) is 0.182. The number of rotatable bonds is 5. The molecule has 26 heavy (non-hydrogen) atoms. The summed E-state index contributed by atoms with van der Waals surface area (Å²) in [6.45, 7) is 1.37. The standard InChI is InChI=1S/C22H22O2P.BrH/c1-4-10-19(11-5-1)25(18-22-23-16-17-24-22,20-12-6-2-7-13-20)21-14-8-3-9-15-21;/h1-15,22H,16-18H2;1H/q+1;/p-1. The van der Waals surface area contributed by atoms with Gasteiger partial charge in [0, 0.05) is 0 Å². The molecule has 3 aromatic rings. The summed E-state index contributed by atoms with van der Waals surface area (Å²) in [5.74, 6) is 0. The molecule has 1 aliphatic rings. The smallest absolute Gasteiger partial charge is 0.192 e. The van der Waals surface area contributed by atoms with Crippen molar-refractivity contribution in [1.82, 2.24) is 0 Å². The summed E-state index contributed by atoms with van der Waals surface area (Å²) < 4.78 is 11.8. The van der Waals surface area contributed by atoms with Crippen LogP contribution in [0.2, 0.25) is 0 Å². The van der Waals surface area contributed by atoms with Crippen molar-refractivity contribution in [2.45, 2.75) is 6.29 Å². The predicted molar refractivity (Wildman–Crippen MR) is 106 cm³/mol. The van der Waals surface area contributed by atoms with E-state index in [9.17, 15) is 0 Å². The molecule has 0 atom stereocenters. The molecule has 3 aromatic carbocycles. The summed E-state index contributed by atoms with van der Waals surface area (Å²) in [6.07, 6.45) is 0.722. The van der Waals surface area contributed by atoms with E-state index in [1.165, 1.54) is 15.9 Å². The van der Waals surface area contributed by atoms with Gasteiger partial charge in [0.05, 0.1) is 13.2 Å². The Morgan fingerprint density at radius 2 is 0.962 bits per heavy atom. The highest BCUT2D eigenvalue weighted by Crippen LogP contribution is 2.56. The molecule has 0 aliphatic carbocycles. The summed E-state index contributed by atoms with van der Waals surface area (Å²) in [4.78, 5) is 0. The van der Waals surface area contributed by atoms with Gasteiger partial charge in [-0.3, -0.25) is 0 Å². The second-order valence-corrected chi connectivity index (χ2v) is 9.70. The molecule has 1 fully saturated rings. The zero-order valence-electron chi connectivity index (χ0n) is 14.5. The summed E-state index contributed by atoms with van der Waals surface area (Å²) in [6, 6.07) is 32.5. The van der Waals surface area contributed by atoms with Crippen molar-refractivity contribution in [3.8, 4) is 0 Å². The average Bonchev–Trinajstić information content (AvgIpc) is 3.21. The maximum absolute atomic E-state index is 5.88. The lowest BCUT2D eigenvalue weighted by Gasteiger charge is -2.29. The molecule has 1 saturated heterocycles. The first-order valence-electron chi connectivity index (χ1n) is 8.68. The van der Waals surface area contributed by atoms with Crippen LogP contribution in [0.5, 0.6) is 0 Å². The van der Waals surface area contributed by atoms with Crippen LogP contribution in [0.4, 0.5) is 0 Å². The number of benzene rings is 3. The van der Waals surface area contributed by atoms with E-state index >= 15 is 0 Å². The zero-order chi connectivity index (χ0) is 17.0. The Bertz CT molecular complexity index is 693. The minimum Gasteiger partial charge on any atom is -1.00 e. The molecule has 2 nitrogen and oxygen atoms in total. The molecule has 0 radical (unpaired) electrons. The zero-order valence-corrected chi connectivity index (χ0v) is 17.0. The van der Waals surface area contributed by atoms with Crippen LogP contribution >= 0.6 is 7.26 Å². The molecule has 0 spiro atoms. The van der Waals surface area contributed by atoms with Crippen LogP contribution in [-0.4, -0.2) is 25.7 Å². The number of ether oxygens (including phenoxy) is 2. The molecule has 0 amide bonds. The van der Waals surface area contributed by atoms with Gasteiger partial charge in [0.2, 0.25) is 0 Å². The van der Waals surface area contributed by atoms with Gasteiger partial charge in [-0.1, -0.05) is 54.6 Å². The minimum atomic E-state index is -1.85. The van der Waals surface area contributed by atoms with Gasteiger partial charge < -0.3 is 26.5 Å². The van der Waals surface area contributed by atoms with Gasteiger partial charge in [0.1, 0.15) is 29.3 Å². The van der Waals surface area contributed by atoms with Crippen molar-refractivity contribution in [3.63, 3.8) is 0 Å². The maximum atomic E-state index is 5.88. The molecular formula is C22H22BrO2P. The third-order valence-electron chi connectivity index (χ3n) is 4.70. The fourth-order valence-corrected chi connectivity index (χ4v) is 7.78. The van der Waals surface area contributed by atoms with Gasteiger partial charge in [0.15, 0.2) is 6.29 Å². The molecule has 4 heteroatoms. The van der Waals surface area contributed by atoms with Crippen molar-refractivity contribution in [2.75, 3.05) is 19.4 Å². The molecule has 1 aliphatic heterocycles. The Morgan fingerprint density at radius 1 is 0.615 bits per heavy atom. The molecular weight excluding hydrogens is 407 g/mol. The van der Waals surface area contributed by atoms with Gasteiger partial charge in [-0.25, -0.2) is 0 Å². The second kappa shape index (κ2) is 8.92. The third kappa shape index (κ3) is 3.77. The Labute approximate surface area is 166 Å². The Balaban J connectivity index is 0.00000196. The normalized spacial score (nSPS) is 14.8. The lowest BCUT2D eigenvalue weighted by molar-refractivity contribution is -0.0223. The van der Waals surface area contributed by atoms with Crippen molar-refractivity contribution in [3.05, 3.63) is 91.0 Å². The number of hydrogen-bond donors (Lipinski definition) is 0. The average molecular weight is 429 g/mol. The SMILES string of the molecule is [Br-].c1ccc([P+](CC2OCCO2)(c2ccccc2)c2ccccc2)cc1. The first-order chi connectivity index (χ1) is 12.4. The van der Waals surface area contributed by atoms with E-state index in [2.05, 4.69) is 91.0 Å². The number of halogens is 1. The van der Waals surface area contributed by atoms with Crippen LogP contribution in [0.3, 0.4) is 0 Å². The molecule has 1 heterocycles. The Morgan fingerprint density at radius 3 is 1.31 bits per heavy atom. The summed E-state index contributed by atoms with van der Waals surface area (Å²) in [5, 5.41) is 4.10. The van der Waals surface area contributed by atoms with Gasteiger partial charge in [-0.2, -0.15) is 0 Å². The lowest BCUT2D eigenvalue weighted by atomic mass is 10.4. The van der Waals surface area contributed by atoms with Gasteiger partial charge in [0.25, 0.3) is 0 Å². The second-order valence-electron chi connectivity index (χ2n) is 6.17. The molecule has 134 valence electrons. The third-order valence-corrected chi connectivity index (χ3v) is 9.09. The predicted octanol–water partition coefficient (Wildman–Crippen LogP) is 0.357. The van der Waals surface area contributed by atoms with E-state index in [-0.39, 0.29) is 23.3 Å². The lowest BCUT2D eigenvalue weighted by Crippen LogP contribution is -3.00. The van der Waals surface area contributed by atoms with Crippen LogP contribution in [0, 0.1) is 0 Å². The topological polar surface area (TPSA) is 18.5 Å².